The molecule has 4 heteroatoms. The Labute approximate surface area is 89.5 Å². The van der Waals surface area contributed by atoms with E-state index in [2.05, 4.69) is 14.9 Å². The zero-order chi connectivity index (χ0) is 10.5. The minimum absolute atomic E-state index is 0.0498. The molecule has 0 unspecified atom stereocenters. The molecule has 0 atom stereocenters. The molecule has 2 N–H and O–H groups in total. The maximum absolute atomic E-state index is 6.27. The average molecular weight is 204 g/mol. The summed E-state index contributed by atoms with van der Waals surface area (Å²) in [4.78, 5) is 10.8. The summed E-state index contributed by atoms with van der Waals surface area (Å²) in [6.07, 6.45) is 6.32. The van der Waals surface area contributed by atoms with Crippen LogP contribution in [0.25, 0.3) is 0 Å². The van der Waals surface area contributed by atoms with E-state index in [1.54, 1.807) is 0 Å². The maximum atomic E-state index is 6.27. The first-order valence-electron chi connectivity index (χ1n) is 5.50. The second-order valence-corrected chi connectivity index (χ2v) is 4.92. The van der Waals surface area contributed by atoms with E-state index in [0.717, 1.165) is 30.5 Å². The molecular weight excluding hydrogens is 188 g/mol. The number of hydrogen-bond donors (Lipinski definition) is 1. The number of nitrogens with two attached hydrogens (primary N) is 1. The van der Waals surface area contributed by atoms with Gasteiger partial charge in [-0.1, -0.05) is 0 Å². The van der Waals surface area contributed by atoms with E-state index >= 15 is 0 Å². The molecule has 1 saturated heterocycles. The van der Waals surface area contributed by atoms with Gasteiger partial charge in [0.15, 0.2) is 0 Å². The van der Waals surface area contributed by atoms with Crippen molar-refractivity contribution in [3.63, 3.8) is 0 Å². The molecule has 1 aromatic rings. The van der Waals surface area contributed by atoms with Crippen LogP contribution in [-0.2, 0) is 0 Å². The molecule has 2 heterocycles. The van der Waals surface area contributed by atoms with Crippen LogP contribution >= 0.6 is 0 Å². The van der Waals surface area contributed by atoms with Crippen molar-refractivity contribution in [1.82, 2.24) is 9.97 Å². The second-order valence-electron chi connectivity index (χ2n) is 4.92. The topological polar surface area (TPSA) is 55.0 Å². The Hall–Kier alpha value is -1.16. The van der Waals surface area contributed by atoms with Gasteiger partial charge in [0.1, 0.15) is 0 Å². The van der Waals surface area contributed by atoms with Crippen LogP contribution in [0.4, 0.5) is 5.95 Å². The number of nitrogens with zero attached hydrogens (tertiary/aromatic N) is 3. The van der Waals surface area contributed by atoms with Gasteiger partial charge in [0, 0.05) is 25.5 Å². The van der Waals surface area contributed by atoms with E-state index in [-0.39, 0.29) is 5.54 Å². The van der Waals surface area contributed by atoms with Gasteiger partial charge in [0.2, 0.25) is 5.95 Å². The first-order chi connectivity index (χ1) is 7.17. The monoisotopic (exact) mass is 204 g/mol. The fourth-order valence-electron chi connectivity index (χ4n) is 2.27. The lowest BCUT2D eigenvalue weighted by atomic mass is 9.86. The smallest absolute Gasteiger partial charge is 0.225 e. The number of aromatic nitrogens is 2. The largest absolute Gasteiger partial charge is 0.337 e. The van der Waals surface area contributed by atoms with E-state index in [9.17, 15) is 0 Å². The van der Waals surface area contributed by atoms with Crippen molar-refractivity contribution in [2.45, 2.75) is 25.3 Å². The molecule has 1 aliphatic carbocycles. The summed E-state index contributed by atoms with van der Waals surface area (Å²) in [5.74, 6) is 1.57. The molecule has 1 aliphatic heterocycles. The molecule has 2 fully saturated rings. The van der Waals surface area contributed by atoms with Crippen molar-refractivity contribution in [2.75, 3.05) is 18.0 Å². The zero-order valence-corrected chi connectivity index (χ0v) is 8.98. The summed E-state index contributed by atoms with van der Waals surface area (Å²) < 4.78 is 0. The van der Waals surface area contributed by atoms with Crippen LogP contribution in [0.1, 0.15) is 18.4 Å². The van der Waals surface area contributed by atoms with E-state index in [1.807, 2.05) is 19.3 Å². The number of rotatable bonds is 2. The predicted molar refractivity (Wildman–Crippen MR) is 58.6 cm³/mol. The molecule has 1 saturated carbocycles. The van der Waals surface area contributed by atoms with Crippen molar-refractivity contribution in [3.8, 4) is 0 Å². The van der Waals surface area contributed by atoms with Crippen LogP contribution in [0.5, 0.6) is 0 Å². The van der Waals surface area contributed by atoms with Gasteiger partial charge in [-0.05, 0) is 31.2 Å². The summed E-state index contributed by atoms with van der Waals surface area (Å²) in [6, 6.07) is 0. The van der Waals surface area contributed by atoms with Crippen molar-refractivity contribution in [3.05, 3.63) is 18.0 Å². The summed E-state index contributed by atoms with van der Waals surface area (Å²) in [5, 5.41) is 0. The van der Waals surface area contributed by atoms with Crippen LogP contribution in [0.15, 0.2) is 12.4 Å². The van der Waals surface area contributed by atoms with Crippen LogP contribution < -0.4 is 10.6 Å². The summed E-state index contributed by atoms with van der Waals surface area (Å²) >= 11 is 0. The summed E-state index contributed by atoms with van der Waals surface area (Å²) in [6.45, 7) is 3.83. The van der Waals surface area contributed by atoms with Crippen LogP contribution in [0.2, 0.25) is 0 Å². The van der Waals surface area contributed by atoms with Gasteiger partial charge in [-0.15, -0.1) is 0 Å². The van der Waals surface area contributed by atoms with Gasteiger partial charge in [-0.3, -0.25) is 0 Å². The first-order valence-corrected chi connectivity index (χ1v) is 5.50. The molecule has 1 aromatic heterocycles. The normalized spacial score (nSPS) is 23.7. The molecule has 0 spiro atoms. The minimum Gasteiger partial charge on any atom is -0.337 e. The molecule has 0 aromatic carbocycles. The van der Waals surface area contributed by atoms with E-state index in [4.69, 9.17) is 5.73 Å². The van der Waals surface area contributed by atoms with Gasteiger partial charge in [-0.25, -0.2) is 9.97 Å². The van der Waals surface area contributed by atoms with Crippen LogP contribution in [0.3, 0.4) is 0 Å². The molecule has 15 heavy (non-hydrogen) atoms. The van der Waals surface area contributed by atoms with Gasteiger partial charge in [-0.2, -0.15) is 0 Å². The molecule has 4 nitrogen and oxygen atoms in total. The fourth-order valence-corrected chi connectivity index (χ4v) is 2.27. The Morgan fingerprint density at radius 3 is 2.47 bits per heavy atom. The molecule has 2 aliphatic rings. The molecule has 3 rings (SSSR count). The third kappa shape index (κ3) is 1.49. The van der Waals surface area contributed by atoms with E-state index in [0.29, 0.717) is 0 Å². The van der Waals surface area contributed by atoms with Gasteiger partial charge in [0.25, 0.3) is 0 Å². The number of anilines is 1. The number of hydrogen-bond acceptors (Lipinski definition) is 4. The zero-order valence-electron chi connectivity index (χ0n) is 8.98. The SMILES string of the molecule is Cc1cnc(N2CC(N)(C3CC3)C2)nc1. The summed E-state index contributed by atoms with van der Waals surface area (Å²) in [5.41, 5.74) is 7.42. The highest BCUT2D eigenvalue weighted by Crippen LogP contribution is 2.43. The molecule has 0 amide bonds. The Balaban J connectivity index is 1.69. The molecule has 0 radical (unpaired) electrons. The standard InChI is InChI=1S/C11H16N4/c1-8-4-13-10(14-5-8)15-6-11(12,7-15)9-2-3-9/h4-5,9H,2-3,6-7,12H2,1H3. The first kappa shape index (κ1) is 9.09. The van der Waals surface area contributed by atoms with Crippen molar-refractivity contribution >= 4 is 5.95 Å². The lowest BCUT2D eigenvalue weighted by Crippen LogP contribution is -2.69. The van der Waals surface area contributed by atoms with Crippen molar-refractivity contribution in [1.29, 1.82) is 0 Å². The predicted octanol–water partition coefficient (Wildman–Crippen LogP) is 0.713. The minimum atomic E-state index is 0.0498. The molecule has 0 bridgehead atoms. The summed E-state index contributed by atoms with van der Waals surface area (Å²) in [7, 11) is 0. The van der Waals surface area contributed by atoms with Crippen molar-refractivity contribution in [2.24, 2.45) is 11.7 Å². The van der Waals surface area contributed by atoms with E-state index < -0.39 is 0 Å². The van der Waals surface area contributed by atoms with Gasteiger partial charge < -0.3 is 10.6 Å². The quantitative estimate of drug-likeness (QED) is 0.771. The average Bonchev–Trinajstić information content (AvgIpc) is 2.98. The third-order valence-electron chi connectivity index (χ3n) is 3.41. The Bertz CT molecular complexity index is 363. The molecular formula is C11H16N4. The van der Waals surface area contributed by atoms with Crippen LogP contribution in [-0.4, -0.2) is 28.6 Å². The molecule has 80 valence electrons. The van der Waals surface area contributed by atoms with Gasteiger partial charge >= 0.3 is 0 Å². The maximum Gasteiger partial charge on any atom is 0.225 e. The highest BCUT2D eigenvalue weighted by atomic mass is 15.3. The fraction of sp³-hybridized carbons (Fsp3) is 0.636. The number of aryl methyl sites for hydroxylation is 1. The Morgan fingerprint density at radius 2 is 1.93 bits per heavy atom. The van der Waals surface area contributed by atoms with Gasteiger partial charge in [0.05, 0.1) is 5.54 Å². The van der Waals surface area contributed by atoms with E-state index in [1.165, 1.54) is 12.8 Å². The lowest BCUT2D eigenvalue weighted by Gasteiger charge is -2.48. The lowest BCUT2D eigenvalue weighted by molar-refractivity contribution is 0.287. The Kier molecular flexibility index (Phi) is 1.77. The second kappa shape index (κ2) is 2.92. The van der Waals surface area contributed by atoms with Crippen LogP contribution in [0, 0.1) is 12.8 Å². The highest BCUT2D eigenvalue weighted by Gasteiger charge is 2.50. The van der Waals surface area contributed by atoms with Crippen molar-refractivity contribution < 1.29 is 0 Å². The third-order valence-corrected chi connectivity index (χ3v) is 3.41. The Morgan fingerprint density at radius 1 is 1.33 bits per heavy atom. The highest BCUT2D eigenvalue weighted by molar-refractivity contribution is 5.39.